The van der Waals surface area contributed by atoms with Crippen molar-refractivity contribution in [1.29, 1.82) is 0 Å². The third kappa shape index (κ3) is 4.81. The van der Waals surface area contributed by atoms with E-state index in [0.29, 0.717) is 17.6 Å². The zero-order valence-electron chi connectivity index (χ0n) is 30.5. The van der Waals surface area contributed by atoms with E-state index in [1.807, 2.05) is 60.7 Å². The van der Waals surface area contributed by atoms with Crippen LogP contribution < -0.4 is 0 Å². The first-order chi connectivity index (χ1) is 28.3. The second-order valence-corrected chi connectivity index (χ2v) is 14.4. The minimum atomic E-state index is 0.534. The van der Waals surface area contributed by atoms with E-state index < -0.39 is 0 Å². The van der Waals surface area contributed by atoms with Crippen molar-refractivity contribution >= 4 is 65.6 Å². The summed E-state index contributed by atoms with van der Waals surface area (Å²) in [6.07, 6.45) is 0. The molecule has 12 aromatic rings. The van der Waals surface area contributed by atoms with E-state index in [4.69, 9.17) is 19.4 Å². The van der Waals surface area contributed by atoms with Gasteiger partial charge in [-0.2, -0.15) is 9.97 Å². The SMILES string of the molecule is c1ccc(-c2cccc(-n3c4ccccc4c4ccc5c(c6ccccc6n5-c5nc(-c6ccccc6)nc(-c6cccc7c6oc6ccccc67)n5)c43)c2)cc1. The summed E-state index contributed by atoms with van der Waals surface area (Å²) in [5.41, 5.74) is 11.0. The largest absolute Gasteiger partial charge is 0.455 e. The van der Waals surface area contributed by atoms with Crippen molar-refractivity contribution in [2.45, 2.75) is 0 Å². The predicted octanol–water partition coefficient (Wildman–Crippen LogP) is 13.0. The Morgan fingerprint density at radius 2 is 1.02 bits per heavy atom. The van der Waals surface area contributed by atoms with Crippen LogP contribution in [-0.2, 0) is 0 Å². The van der Waals surface area contributed by atoms with Crippen molar-refractivity contribution in [1.82, 2.24) is 24.1 Å². The Labute approximate surface area is 326 Å². The van der Waals surface area contributed by atoms with Crippen molar-refractivity contribution in [2.24, 2.45) is 0 Å². The van der Waals surface area contributed by atoms with E-state index in [1.165, 1.54) is 21.9 Å². The van der Waals surface area contributed by atoms with Gasteiger partial charge in [0.1, 0.15) is 11.2 Å². The van der Waals surface area contributed by atoms with Crippen LogP contribution in [0.5, 0.6) is 0 Å². The lowest BCUT2D eigenvalue weighted by molar-refractivity contribution is 0.669. The number of hydrogen-bond donors (Lipinski definition) is 0. The van der Waals surface area contributed by atoms with Gasteiger partial charge < -0.3 is 8.98 Å². The predicted molar refractivity (Wildman–Crippen MR) is 232 cm³/mol. The van der Waals surface area contributed by atoms with Crippen molar-refractivity contribution in [3.05, 3.63) is 188 Å². The van der Waals surface area contributed by atoms with Crippen molar-refractivity contribution in [3.63, 3.8) is 0 Å². The Kier molecular flexibility index (Phi) is 6.83. The number of para-hydroxylation sites is 4. The molecule has 0 amide bonds. The third-order valence-corrected chi connectivity index (χ3v) is 11.2. The van der Waals surface area contributed by atoms with Gasteiger partial charge in [0, 0.05) is 43.6 Å². The van der Waals surface area contributed by atoms with Crippen LogP contribution in [0.1, 0.15) is 0 Å². The fraction of sp³-hybridized carbons (Fsp3) is 0. The van der Waals surface area contributed by atoms with Gasteiger partial charge in [0.2, 0.25) is 5.95 Å². The van der Waals surface area contributed by atoms with Crippen LogP contribution in [0.25, 0.3) is 111 Å². The summed E-state index contributed by atoms with van der Waals surface area (Å²) >= 11 is 0. The zero-order chi connectivity index (χ0) is 37.5. The summed E-state index contributed by atoms with van der Waals surface area (Å²) in [6, 6.07) is 65.6. The van der Waals surface area contributed by atoms with Gasteiger partial charge in [-0.25, -0.2) is 4.98 Å². The summed E-state index contributed by atoms with van der Waals surface area (Å²) in [6.45, 7) is 0. The lowest BCUT2D eigenvalue weighted by Gasteiger charge is -2.12. The van der Waals surface area contributed by atoms with E-state index in [-0.39, 0.29) is 0 Å². The summed E-state index contributed by atoms with van der Waals surface area (Å²) in [7, 11) is 0. The molecule has 0 aliphatic carbocycles. The van der Waals surface area contributed by atoms with Crippen LogP contribution in [-0.4, -0.2) is 24.1 Å². The van der Waals surface area contributed by atoms with Crippen molar-refractivity contribution in [2.75, 3.05) is 0 Å². The van der Waals surface area contributed by atoms with Crippen molar-refractivity contribution < 1.29 is 4.42 Å². The molecule has 0 N–H and O–H groups in total. The van der Waals surface area contributed by atoms with Crippen LogP contribution in [0.2, 0.25) is 0 Å². The highest BCUT2D eigenvalue weighted by Crippen LogP contribution is 2.43. The molecular formula is C51H31N5O. The van der Waals surface area contributed by atoms with Crippen LogP contribution in [0.15, 0.2) is 192 Å². The number of rotatable bonds is 5. The first-order valence-electron chi connectivity index (χ1n) is 19.1. The van der Waals surface area contributed by atoms with Gasteiger partial charge in [0.05, 0.1) is 27.6 Å². The molecule has 0 fully saturated rings. The maximum atomic E-state index is 6.51. The Balaban J connectivity index is 1.17. The van der Waals surface area contributed by atoms with Crippen LogP contribution in [0, 0.1) is 0 Å². The highest BCUT2D eigenvalue weighted by molar-refractivity contribution is 6.26. The van der Waals surface area contributed by atoms with Gasteiger partial charge in [0.15, 0.2) is 11.6 Å². The average Bonchev–Trinajstić information content (AvgIpc) is 3.95. The van der Waals surface area contributed by atoms with Crippen LogP contribution in [0.4, 0.5) is 0 Å². The monoisotopic (exact) mass is 729 g/mol. The number of hydrogen-bond acceptors (Lipinski definition) is 4. The molecular weight excluding hydrogens is 699 g/mol. The van der Waals surface area contributed by atoms with Crippen LogP contribution in [0.3, 0.4) is 0 Å². The first-order valence-corrected chi connectivity index (χ1v) is 19.1. The second-order valence-electron chi connectivity index (χ2n) is 14.4. The Hall–Kier alpha value is -7.83. The molecule has 0 spiro atoms. The quantitative estimate of drug-likeness (QED) is 0.177. The maximum Gasteiger partial charge on any atom is 0.238 e. The minimum absolute atomic E-state index is 0.534. The third-order valence-electron chi connectivity index (χ3n) is 11.2. The molecule has 0 unspecified atom stereocenters. The topological polar surface area (TPSA) is 61.7 Å². The molecule has 0 saturated heterocycles. The second kappa shape index (κ2) is 12.3. The molecule has 4 aromatic heterocycles. The molecule has 57 heavy (non-hydrogen) atoms. The molecule has 12 rings (SSSR count). The summed E-state index contributed by atoms with van der Waals surface area (Å²) < 4.78 is 11.1. The van der Waals surface area contributed by atoms with Gasteiger partial charge in [-0.3, -0.25) is 4.57 Å². The number of fused-ring (bicyclic) bond motifs is 10. The fourth-order valence-electron chi connectivity index (χ4n) is 8.67. The van der Waals surface area contributed by atoms with Gasteiger partial charge >= 0.3 is 0 Å². The van der Waals surface area contributed by atoms with E-state index in [0.717, 1.165) is 71.6 Å². The molecule has 0 aliphatic rings. The Morgan fingerprint density at radius 1 is 0.386 bits per heavy atom. The molecule has 8 aromatic carbocycles. The molecule has 0 atom stereocenters. The molecule has 6 nitrogen and oxygen atoms in total. The normalized spacial score (nSPS) is 11.9. The summed E-state index contributed by atoms with van der Waals surface area (Å²) in [4.78, 5) is 15.7. The molecule has 6 heteroatoms. The standard InChI is InChI=1S/C51H31N5O/c1-3-15-32(16-4-1)34-19-13-20-35(31-34)55-42-26-10-7-21-36(42)38-29-30-44-46(47(38)55)40-23-8-11-27-43(40)56(44)51-53-49(33-17-5-2-6-18-33)52-50(54-51)41-25-14-24-39-37-22-9-12-28-45(37)57-48(39)41/h1-31H. The van der Waals surface area contributed by atoms with Crippen LogP contribution >= 0.6 is 0 Å². The number of benzene rings is 8. The molecule has 0 radical (unpaired) electrons. The molecule has 4 heterocycles. The van der Waals surface area contributed by atoms with Gasteiger partial charge in [-0.15, -0.1) is 0 Å². The fourth-order valence-corrected chi connectivity index (χ4v) is 8.67. The Morgan fingerprint density at radius 3 is 1.84 bits per heavy atom. The molecule has 0 aliphatic heterocycles. The van der Waals surface area contributed by atoms with E-state index in [1.54, 1.807) is 0 Å². The molecule has 0 bridgehead atoms. The average molecular weight is 730 g/mol. The summed E-state index contributed by atoms with van der Waals surface area (Å²) in [5, 5.41) is 6.71. The number of nitrogens with zero attached hydrogens (tertiary/aromatic N) is 5. The molecule has 0 saturated carbocycles. The highest BCUT2D eigenvalue weighted by atomic mass is 16.3. The number of aromatic nitrogens is 5. The lowest BCUT2D eigenvalue weighted by atomic mass is 10.0. The minimum Gasteiger partial charge on any atom is -0.455 e. The van der Waals surface area contributed by atoms with Crippen molar-refractivity contribution in [3.8, 4) is 45.5 Å². The van der Waals surface area contributed by atoms with Gasteiger partial charge in [-0.1, -0.05) is 146 Å². The first kappa shape index (κ1) is 31.5. The van der Waals surface area contributed by atoms with Gasteiger partial charge in [0.25, 0.3) is 0 Å². The Bertz CT molecular complexity index is 3520. The van der Waals surface area contributed by atoms with E-state index >= 15 is 0 Å². The maximum absolute atomic E-state index is 6.51. The summed E-state index contributed by atoms with van der Waals surface area (Å²) in [5.74, 6) is 1.66. The van der Waals surface area contributed by atoms with Gasteiger partial charge in [-0.05, 0) is 53.6 Å². The highest BCUT2D eigenvalue weighted by Gasteiger charge is 2.24. The smallest absolute Gasteiger partial charge is 0.238 e. The number of furan rings is 1. The van der Waals surface area contributed by atoms with E-state index in [2.05, 4.69) is 137 Å². The molecule has 266 valence electrons. The zero-order valence-corrected chi connectivity index (χ0v) is 30.5. The van der Waals surface area contributed by atoms with E-state index in [9.17, 15) is 0 Å². The lowest BCUT2D eigenvalue weighted by Crippen LogP contribution is -2.06.